The van der Waals surface area contributed by atoms with Crippen molar-refractivity contribution >= 4 is 40.2 Å². The molecule has 0 saturated heterocycles. The van der Waals surface area contributed by atoms with Crippen LogP contribution in [-0.2, 0) is 0 Å². The topological polar surface area (TPSA) is 38.3 Å². The van der Waals surface area contributed by atoms with E-state index in [9.17, 15) is 4.79 Å². The van der Waals surface area contributed by atoms with Crippen LogP contribution in [0.1, 0.15) is 10.4 Å². The predicted molar refractivity (Wildman–Crippen MR) is 82.3 cm³/mol. The van der Waals surface area contributed by atoms with Gasteiger partial charge in [-0.2, -0.15) is 0 Å². The molecule has 0 unspecified atom stereocenters. The van der Waals surface area contributed by atoms with Crippen molar-refractivity contribution < 1.29 is 9.53 Å². The Morgan fingerprint density at radius 3 is 2.68 bits per heavy atom. The number of carbonyl (C=O) groups is 1. The number of carbonyl (C=O) groups excluding carboxylic acids is 1. The SMILES string of the molecule is COc1ccc(NC(=O)c2cccc(S)c2)cc1Br. The summed E-state index contributed by atoms with van der Waals surface area (Å²) < 4.78 is 5.92. The number of nitrogens with one attached hydrogen (secondary N) is 1. The van der Waals surface area contributed by atoms with Crippen molar-refractivity contribution in [1.29, 1.82) is 0 Å². The Kier molecular flexibility index (Phi) is 4.50. The molecule has 0 spiro atoms. The number of hydrogen-bond donors (Lipinski definition) is 2. The van der Waals surface area contributed by atoms with Gasteiger partial charge in [0.1, 0.15) is 5.75 Å². The zero-order valence-corrected chi connectivity index (χ0v) is 12.7. The number of halogens is 1. The highest BCUT2D eigenvalue weighted by atomic mass is 79.9. The number of benzene rings is 2. The van der Waals surface area contributed by atoms with Crippen molar-refractivity contribution in [3.05, 3.63) is 52.5 Å². The minimum absolute atomic E-state index is 0.173. The van der Waals surface area contributed by atoms with Crippen LogP contribution in [0.5, 0.6) is 5.75 Å². The molecule has 2 aromatic rings. The highest BCUT2D eigenvalue weighted by molar-refractivity contribution is 9.10. The van der Waals surface area contributed by atoms with Gasteiger partial charge >= 0.3 is 0 Å². The lowest BCUT2D eigenvalue weighted by molar-refractivity contribution is 0.102. The summed E-state index contributed by atoms with van der Waals surface area (Å²) in [5.41, 5.74) is 1.27. The van der Waals surface area contributed by atoms with Gasteiger partial charge in [-0.15, -0.1) is 12.6 Å². The van der Waals surface area contributed by atoms with Gasteiger partial charge in [-0.1, -0.05) is 6.07 Å². The molecule has 3 nitrogen and oxygen atoms in total. The molecule has 0 aliphatic carbocycles. The van der Waals surface area contributed by atoms with Gasteiger partial charge in [0.05, 0.1) is 11.6 Å². The van der Waals surface area contributed by atoms with E-state index in [2.05, 4.69) is 33.9 Å². The molecule has 1 amide bonds. The van der Waals surface area contributed by atoms with Crippen molar-refractivity contribution in [2.45, 2.75) is 4.90 Å². The summed E-state index contributed by atoms with van der Waals surface area (Å²) in [5, 5.41) is 2.82. The molecule has 0 aromatic heterocycles. The molecule has 19 heavy (non-hydrogen) atoms. The standard InChI is InChI=1S/C14H12BrNO2S/c1-18-13-6-5-10(8-12(13)15)16-14(17)9-3-2-4-11(19)7-9/h2-8,19H,1H3,(H,16,17). The summed E-state index contributed by atoms with van der Waals surface area (Å²) in [6, 6.07) is 12.4. The van der Waals surface area contributed by atoms with Crippen LogP contribution in [0.2, 0.25) is 0 Å². The van der Waals surface area contributed by atoms with E-state index in [0.717, 1.165) is 15.1 Å². The molecule has 98 valence electrons. The minimum Gasteiger partial charge on any atom is -0.496 e. The van der Waals surface area contributed by atoms with Gasteiger partial charge in [0, 0.05) is 16.1 Å². The smallest absolute Gasteiger partial charge is 0.255 e. The summed E-state index contributed by atoms with van der Waals surface area (Å²) in [6.45, 7) is 0. The van der Waals surface area contributed by atoms with Crippen LogP contribution in [-0.4, -0.2) is 13.0 Å². The van der Waals surface area contributed by atoms with Crippen molar-refractivity contribution in [1.82, 2.24) is 0 Å². The number of ether oxygens (including phenoxy) is 1. The summed E-state index contributed by atoms with van der Waals surface area (Å²) >= 11 is 7.59. The van der Waals surface area contributed by atoms with E-state index in [1.807, 2.05) is 6.07 Å². The zero-order valence-electron chi connectivity index (χ0n) is 10.2. The molecule has 1 N–H and O–H groups in total. The lowest BCUT2D eigenvalue weighted by Gasteiger charge is -2.08. The number of thiol groups is 1. The monoisotopic (exact) mass is 337 g/mol. The summed E-state index contributed by atoms with van der Waals surface area (Å²) in [5.74, 6) is 0.545. The first-order valence-corrected chi connectivity index (χ1v) is 6.78. The molecule has 2 rings (SSSR count). The number of anilines is 1. The fourth-order valence-corrected chi connectivity index (χ4v) is 2.36. The second-order valence-electron chi connectivity index (χ2n) is 3.85. The quantitative estimate of drug-likeness (QED) is 0.831. The van der Waals surface area contributed by atoms with E-state index in [-0.39, 0.29) is 5.91 Å². The normalized spacial score (nSPS) is 10.1. The first kappa shape index (κ1) is 14.0. The van der Waals surface area contributed by atoms with Crippen LogP contribution in [0.3, 0.4) is 0 Å². The second kappa shape index (κ2) is 6.12. The molecule has 0 fully saturated rings. The van der Waals surface area contributed by atoms with E-state index in [1.54, 1.807) is 43.5 Å². The van der Waals surface area contributed by atoms with E-state index in [0.29, 0.717) is 11.3 Å². The van der Waals surface area contributed by atoms with Gasteiger partial charge in [0.25, 0.3) is 5.91 Å². The fraction of sp³-hybridized carbons (Fsp3) is 0.0714. The van der Waals surface area contributed by atoms with E-state index < -0.39 is 0 Å². The Labute approximate surface area is 125 Å². The van der Waals surface area contributed by atoms with Crippen molar-refractivity contribution in [3.8, 4) is 5.75 Å². The van der Waals surface area contributed by atoms with Crippen LogP contribution in [0.4, 0.5) is 5.69 Å². The Balaban J connectivity index is 2.17. The predicted octanol–water partition coefficient (Wildman–Crippen LogP) is 4.00. The molecule has 0 atom stereocenters. The van der Waals surface area contributed by atoms with Crippen LogP contribution < -0.4 is 10.1 Å². The second-order valence-corrected chi connectivity index (χ2v) is 5.22. The lowest BCUT2D eigenvalue weighted by Crippen LogP contribution is -2.11. The molecule has 0 bridgehead atoms. The molecule has 0 aliphatic rings. The number of hydrogen-bond acceptors (Lipinski definition) is 3. The zero-order chi connectivity index (χ0) is 13.8. The average Bonchev–Trinajstić information content (AvgIpc) is 2.39. The fourth-order valence-electron chi connectivity index (χ4n) is 1.59. The van der Waals surface area contributed by atoms with Crippen LogP contribution in [0.15, 0.2) is 51.8 Å². The molecule has 0 heterocycles. The van der Waals surface area contributed by atoms with Gasteiger partial charge in [-0.05, 0) is 52.3 Å². The van der Waals surface area contributed by atoms with E-state index in [4.69, 9.17) is 4.74 Å². The third-order valence-corrected chi connectivity index (χ3v) is 3.42. The van der Waals surface area contributed by atoms with Gasteiger partial charge in [-0.25, -0.2) is 0 Å². The van der Waals surface area contributed by atoms with Crippen LogP contribution in [0, 0.1) is 0 Å². The first-order chi connectivity index (χ1) is 9.10. The lowest BCUT2D eigenvalue weighted by atomic mass is 10.2. The Morgan fingerprint density at radius 2 is 2.05 bits per heavy atom. The van der Waals surface area contributed by atoms with E-state index >= 15 is 0 Å². The third-order valence-electron chi connectivity index (χ3n) is 2.52. The Bertz CT molecular complexity index is 616. The maximum absolute atomic E-state index is 12.0. The Morgan fingerprint density at radius 1 is 1.26 bits per heavy atom. The van der Waals surface area contributed by atoms with Gasteiger partial charge in [-0.3, -0.25) is 4.79 Å². The van der Waals surface area contributed by atoms with Crippen molar-refractivity contribution in [2.75, 3.05) is 12.4 Å². The van der Waals surface area contributed by atoms with Gasteiger partial charge in [0.15, 0.2) is 0 Å². The molecular weight excluding hydrogens is 326 g/mol. The molecule has 2 aromatic carbocycles. The highest BCUT2D eigenvalue weighted by Gasteiger charge is 2.07. The maximum Gasteiger partial charge on any atom is 0.255 e. The largest absolute Gasteiger partial charge is 0.496 e. The van der Waals surface area contributed by atoms with Crippen molar-refractivity contribution in [2.24, 2.45) is 0 Å². The third kappa shape index (κ3) is 3.52. The van der Waals surface area contributed by atoms with E-state index in [1.165, 1.54) is 0 Å². The molecule has 0 saturated carbocycles. The summed E-state index contributed by atoms with van der Waals surface area (Å²) in [6.07, 6.45) is 0. The highest BCUT2D eigenvalue weighted by Crippen LogP contribution is 2.27. The Hall–Kier alpha value is -1.46. The molecular formula is C14H12BrNO2S. The molecule has 0 aliphatic heterocycles. The van der Waals surface area contributed by atoms with Gasteiger partial charge in [0.2, 0.25) is 0 Å². The average molecular weight is 338 g/mol. The number of methoxy groups -OCH3 is 1. The summed E-state index contributed by atoms with van der Waals surface area (Å²) in [4.78, 5) is 12.8. The first-order valence-electron chi connectivity index (χ1n) is 5.54. The molecule has 5 heteroatoms. The van der Waals surface area contributed by atoms with Gasteiger partial charge < -0.3 is 10.1 Å². The van der Waals surface area contributed by atoms with Crippen LogP contribution >= 0.6 is 28.6 Å². The summed E-state index contributed by atoms with van der Waals surface area (Å²) in [7, 11) is 1.59. The molecule has 0 radical (unpaired) electrons. The number of rotatable bonds is 3. The number of amides is 1. The minimum atomic E-state index is -0.173. The maximum atomic E-state index is 12.0. The van der Waals surface area contributed by atoms with Crippen LogP contribution in [0.25, 0.3) is 0 Å². The van der Waals surface area contributed by atoms with Crippen molar-refractivity contribution in [3.63, 3.8) is 0 Å².